The van der Waals surface area contributed by atoms with E-state index in [0.29, 0.717) is 0 Å². The van der Waals surface area contributed by atoms with Crippen LogP contribution >= 0.6 is 0 Å². The highest BCUT2D eigenvalue weighted by atomic mass is 15.2. The van der Waals surface area contributed by atoms with Crippen molar-refractivity contribution in [2.45, 2.75) is 0 Å². The van der Waals surface area contributed by atoms with Crippen molar-refractivity contribution < 1.29 is 0 Å². The van der Waals surface area contributed by atoms with Crippen molar-refractivity contribution in [2.24, 2.45) is 0 Å². The number of nitrogens with zero attached hydrogens (tertiary/aromatic N) is 8. The highest BCUT2D eigenvalue weighted by Gasteiger charge is 2.19. The fourth-order valence-corrected chi connectivity index (χ4v) is 10.3. The molecule has 0 aliphatic rings. The highest BCUT2D eigenvalue weighted by Crippen LogP contribution is 2.38. The van der Waals surface area contributed by atoms with E-state index in [1.807, 2.05) is 97.3 Å². The van der Waals surface area contributed by atoms with Crippen molar-refractivity contribution in [3.05, 3.63) is 291 Å². The Bertz CT molecular complexity index is 3840. The van der Waals surface area contributed by atoms with Gasteiger partial charge in [0.1, 0.15) is 23.3 Å². The van der Waals surface area contributed by atoms with Gasteiger partial charge in [-0.1, -0.05) is 158 Å². The third-order valence-electron chi connectivity index (χ3n) is 13.7. The average molecular weight is 977 g/mol. The summed E-state index contributed by atoms with van der Waals surface area (Å²) in [7, 11) is 0. The predicted molar refractivity (Wildman–Crippen MR) is 313 cm³/mol. The lowest BCUT2D eigenvalue weighted by molar-refractivity contribution is 1.12. The first kappa shape index (κ1) is 45.4. The van der Waals surface area contributed by atoms with Crippen LogP contribution < -0.4 is 9.80 Å². The summed E-state index contributed by atoms with van der Waals surface area (Å²) in [6, 6.07) is 96.2. The lowest BCUT2D eigenvalue weighted by Gasteiger charge is -2.23. The number of anilines is 6. The second-order valence-corrected chi connectivity index (χ2v) is 18.3. The molecule has 360 valence electrons. The van der Waals surface area contributed by atoms with Crippen LogP contribution in [-0.2, 0) is 0 Å². The van der Waals surface area contributed by atoms with Gasteiger partial charge >= 0.3 is 0 Å². The number of hydrogen-bond acceptors (Lipinski definition) is 6. The third kappa shape index (κ3) is 8.65. The van der Waals surface area contributed by atoms with E-state index in [2.05, 4.69) is 223 Å². The number of pyridine rings is 4. The van der Waals surface area contributed by atoms with Crippen LogP contribution in [0.25, 0.3) is 77.5 Å². The molecule has 0 aliphatic carbocycles. The molecule has 0 fully saturated rings. The molecule has 0 atom stereocenters. The van der Waals surface area contributed by atoms with Crippen LogP contribution in [0.1, 0.15) is 0 Å². The number of benzene rings is 8. The zero-order valence-electron chi connectivity index (χ0n) is 41.3. The Kier molecular flexibility index (Phi) is 12.1. The van der Waals surface area contributed by atoms with E-state index in [9.17, 15) is 0 Å². The Labute approximate surface area is 440 Å². The summed E-state index contributed by atoms with van der Waals surface area (Å²) in [5, 5.41) is 5.01. The van der Waals surface area contributed by atoms with E-state index in [1.165, 1.54) is 43.6 Å². The summed E-state index contributed by atoms with van der Waals surface area (Å²) in [6.07, 6.45) is 3.62. The van der Waals surface area contributed by atoms with Gasteiger partial charge in [-0.15, -0.1) is 0 Å². The number of fused-ring (bicyclic) bond motifs is 6. The SMILES string of the molecule is c1ccc(N(c2ccccn2)c2cccc(-c3cccc(-n4c5ccccc5c5ccccc54)c3)n2)cc1.c1ccc(N(c2ccccn2)c2cccc(-c3cccc(-n4c5ccccc5c5ccccc54)c3)n2)cc1. The number of rotatable bonds is 10. The van der Waals surface area contributed by atoms with Crippen molar-refractivity contribution >= 4 is 78.3 Å². The Morgan fingerprint density at radius 1 is 0.263 bits per heavy atom. The summed E-state index contributed by atoms with van der Waals surface area (Å²) in [5.41, 5.74) is 12.9. The van der Waals surface area contributed by atoms with Crippen LogP contribution in [-0.4, -0.2) is 29.1 Å². The molecule has 14 aromatic rings. The second-order valence-electron chi connectivity index (χ2n) is 18.3. The largest absolute Gasteiger partial charge is 0.309 e. The van der Waals surface area contributed by atoms with E-state index < -0.39 is 0 Å². The molecule has 0 radical (unpaired) electrons. The second kappa shape index (κ2) is 20.2. The molecular weight excluding hydrogens is 929 g/mol. The topological polar surface area (TPSA) is 67.9 Å². The van der Waals surface area contributed by atoms with Crippen molar-refractivity contribution in [1.82, 2.24) is 29.1 Å². The molecule has 0 bridgehead atoms. The standard InChI is InChI=1S/2C34H24N4/c2*1-2-13-26(14-3-1)38(33-21-8-9-23-35-33)34-22-11-18-30(36-34)25-12-10-15-27(24-25)37-31-19-6-4-16-28(31)29-17-5-7-20-32(29)37/h2*1-24H. The van der Waals surface area contributed by atoms with Gasteiger partial charge in [0, 0.05) is 67.8 Å². The van der Waals surface area contributed by atoms with Gasteiger partial charge in [-0.05, 0) is 121 Å². The van der Waals surface area contributed by atoms with E-state index >= 15 is 0 Å². The van der Waals surface area contributed by atoms with Crippen LogP contribution in [0.15, 0.2) is 291 Å². The number of hydrogen-bond donors (Lipinski definition) is 0. The maximum atomic E-state index is 5.12. The lowest BCUT2D eigenvalue weighted by atomic mass is 10.1. The first-order chi connectivity index (χ1) is 37.7. The van der Waals surface area contributed by atoms with Crippen molar-refractivity contribution in [1.29, 1.82) is 0 Å². The van der Waals surface area contributed by atoms with Crippen LogP contribution in [0.3, 0.4) is 0 Å². The summed E-state index contributed by atoms with van der Waals surface area (Å²) in [6.45, 7) is 0. The molecular formula is C68H48N8. The maximum absolute atomic E-state index is 5.12. The molecule has 6 heterocycles. The first-order valence-corrected chi connectivity index (χ1v) is 25.4. The molecule has 14 rings (SSSR count). The van der Waals surface area contributed by atoms with E-state index in [-0.39, 0.29) is 0 Å². The van der Waals surface area contributed by atoms with Gasteiger partial charge in [0.15, 0.2) is 0 Å². The van der Waals surface area contributed by atoms with Crippen LogP contribution in [0.4, 0.5) is 34.6 Å². The highest BCUT2D eigenvalue weighted by molar-refractivity contribution is 6.10. The third-order valence-corrected chi connectivity index (χ3v) is 13.7. The Balaban J connectivity index is 0.000000146. The summed E-state index contributed by atoms with van der Waals surface area (Å²) in [4.78, 5) is 23.7. The summed E-state index contributed by atoms with van der Waals surface area (Å²) >= 11 is 0. The molecule has 8 heteroatoms. The minimum Gasteiger partial charge on any atom is -0.309 e. The zero-order chi connectivity index (χ0) is 50.6. The van der Waals surface area contributed by atoms with Crippen LogP contribution in [0.2, 0.25) is 0 Å². The molecule has 0 N–H and O–H groups in total. The van der Waals surface area contributed by atoms with E-state index in [0.717, 1.165) is 68.5 Å². The fourth-order valence-electron chi connectivity index (χ4n) is 10.3. The molecule has 0 amide bonds. The van der Waals surface area contributed by atoms with Crippen LogP contribution in [0, 0.1) is 0 Å². The molecule has 8 aromatic carbocycles. The van der Waals surface area contributed by atoms with Crippen molar-refractivity contribution in [3.8, 4) is 33.9 Å². The van der Waals surface area contributed by atoms with Gasteiger partial charge < -0.3 is 9.13 Å². The minimum absolute atomic E-state index is 0.815. The number of para-hydroxylation sites is 6. The Hall–Kier alpha value is -10.4. The molecule has 6 aromatic heterocycles. The Morgan fingerprint density at radius 2 is 0.592 bits per heavy atom. The fraction of sp³-hybridized carbons (Fsp3) is 0. The van der Waals surface area contributed by atoms with Gasteiger partial charge in [0.2, 0.25) is 0 Å². The monoisotopic (exact) mass is 976 g/mol. The quantitative estimate of drug-likeness (QED) is 0.136. The predicted octanol–water partition coefficient (Wildman–Crippen LogP) is 17.4. The van der Waals surface area contributed by atoms with Gasteiger partial charge in [-0.25, -0.2) is 19.9 Å². The first-order valence-electron chi connectivity index (χ1n) is 25.4. The molecule has 76 heavy (non-hydrogen) atoms. The van der Waals surface area contributed by atoms with Crippen LogP contribution in [0.5, 0.6) is 0 Å². The Morgan fingerprint density at radius 3 is 0.961 bits per heavy atom. The summed E-state index contributed by atoms with van der Waals surface area (Å²) in [5.74, 6) is 3.27. The van der Waals surface area contributed by atoms with E-state index in [1.54, 1.807) is 0 Å². The smallest absolute Gasteiger partial charge is 0.139 e. The minimum atomic E-state index is 0.815. The lowest BCUT2D eigenvalue weighted by Crippen LogP contribution is -2.13. The molecule has 0 saturated heterocycles. The molecule has 0 aliphatic heterocycles. The number of aromatic nitrogens is 6. The molecule has 0 unspecified atom stereocenters. The summed E-state index contributed by atoms with van der Waals surface area (Å²) < 4.78 is 4.67. The molecule has 8 nitrogen and oxygen atoms in total. The molecule has 0 spiro atoms. The normalized spacial score (nSPS) is 11.2. The average Bonchev–Trinajstić information content (AvgIpc) is 4.02. The van der Waals surface area contributed by atoms with Crippen molar-refractivity contribution in [2.75, 3.05) is 9.80 Å². The zero-order valence-corrected chi connectivity index (χ0v) is 41.3. The maximum Gasteiger partial charge on any atom is 0.139 e. The van der Waals surface area contributed by atoms with Gasteiger partial charge in [-0.2, -0.15) is 0 Å². The van der Waals surface area contributed by atoms with Crippen molar-refractivity contribution in [3.63, 3.8) is 0 Å². The van der Waals surface area contributed by atoms with Gasteiger partial charge in [0.05, 0.1) is 33.5 Å². The molecule has 0 saturated carbocycles. The van der Waals surface area contributed by atoms with E-state index in [4.69, 9.17) is 9.97 Å². The van der Waals surface area contributed by atoms with Gasteiger partial charge in [0.25, 0.3) is 0 Å². The van der Waals surface area contributed by atoms with Gasteiger partial charge in [-0.3, -0.25) is 9.80 Å².